The molecule has 1 N–H and O–H groups in total. The van der Waals surface area contributed by atoms with Crippen LogP contribution in [0.5, 0.6) is 0 Å². The lowest BCUT2D eigenvalue weighted by Crippen LogP contribution is -2.43. The van der Waals surface area contributed by atoms with E-state index < -0.39 is 30.3 Å². The third-order valence-corrected chi connectivity index (χ3v) is 4.10. The Balaban J connectivity index is 1.84. The molecule has 7 heteroatoms. The quantitative estimate of drug-likeness (QED) is 0.542. The van der Waals surface area contributed by atoms with Crippen LogP contribution in [0.4, 0.5) is 4.39 Å². The minimum Gasteiger partial charge on any atom is -0.452 e. The predicted octanol–water partition coefficient (Wildman–Crippen LogP) is 3.35. The van der Waals surface area contributed by atoms with Gasteiger partial charge in [0.05, 0.1) is 11.1 Å². The zero-order valence-corrected chi connectivity index (χ0v) is 15.9. The minimum absolute atomic E-state index is 0.0661. The van der Waals surface area contributed by atoms with Gasteiger partial charge in [-0.15, -0.1) is 0 Å². The summed E-state index contributed by atoms with van der Waals surface area (Å²) in [5.74, 6) is -2.09. The van der Waals surface area contributed by atoms with Crippen LogP contribution in [0.1, 0.15) is 18.1 Å². The van der Waals surface area contributed by atoms with Crippen LogP contribution < -0.4 is 5.32 Å². The Bertz CT molecular complexity index is 883. The van der Waals surface area contributed by atoms with Crippen molar-refractivity contribution in [3.05, 3.63) is 76.6 Å². The lowest BCUT2D eigenvalue weighted by atomic mass is 10.0. The molecule has 0 fully saturated rings. The van der Waals surface area contributed by atoms with Gasteiger partial charge in [0.25, 0.3) is 5.91 Å². The Labute approximate surface area is 167 Å². The lowest BCUT2D eigenvalue weighted by Gasteiger charge is -2.16. The fourth-order valence-corrected chi connectivity index (χ4v) is 2.54. The molecule has 0 aliphatic heterocycles. The van der Waals surface area contributed by atoms with Crippen LogP contribution in [-0.4, -0.2) is 30.3 Å². The maximum atomic E-state index is 13.1. The predicted molar refractivity (Wildman–Crippen MR) is 104 cm³/mol. The van der Waals surface area contributed by atoms with E-state index in [0.29, 0.717) is 12.0 Å². The molecule has 2 aromatic carbocycles. The van der Waals surface area contributed by atoms with Gasteiger partial charge < -0.3 is 10.1 Å². The second kappa shape index (κ2) is 10.4. The number of amides is 1. The van der Waals surface area contributed by atoms with E-state index in [1.807, 2.05) is 30.3 Å². The third-order valence-electron chi connectivity index (χ3n) is 3.81. The topological polar surface area (TPSA) is 72.5 Å². The van der Waals surface area contributed by atoms with Crippen LogP contribution in [0.15, 0.2) is 54.6 Å². The van der Waals surface area contributed by atoms with E-state index in [2.05, 4.69) is 5.32 Å². The van der Waals surface area contributed by atoms with Gasteiger partial charge in [0.15, 0.2) is 12.4 Å². The normalized spacial score (nSPS) is 11.8. The van der Waals surface area contributed by atoms with E-state index >= 15 is 0 Å². The molecule has 0 radical (unpaired) electrons. The molecule has 0 aliphatic rings. The van der Waals surface area contributed by atoms with Gasteiger partial charge in [0.2, 0.25) is 0 Å². The standard InChI is InChI=1S/C21H19ClFNO4/c1-14(25)19(12-15-5-3-2-4-6-15)24-20(26)13-28-21(27)10-8-16-7-9-18(23)17(22)11-16/h2-11,19H,12-13H2,1H3,(H,24,26)/b10-8+/t19-/m1/s1. The second-order valence-electron chi connectivity index (χ2n) is 6.04. The Morgan fingerprint density at radius 1 is 1.18 bits per heavy atom. The molecule has 0 aliphatic carbocycles. The van der Waals surface area contributed by atoms with Crippen molar-refractivity contribution >= 4 is 35.3 Å². The van der Waals surface area contributed by atoms with Crippen molar-refractivity contribution < 1.29 is 23.5 Å². The highest BCUT2D eigenvalue weighted by Crippen LogP contribution is 2.16. The average Bonchev–Trinajstić information content (AvgIpc) is 2.67. The number of hydrogen-bond acceptors (Lipinski definition) is 4. The molecule has 2 aromatic rings. The maximum Gasteiger partial charge on any atom is 0.331 e. The van der Waals surface area contributed by atoms with Crippen molar-refractivity contribution in [2.75, 3.05) is 6.61 Å². The Hall–Kier alpha value is -2.99. The number of ether oxygens (including phenoxy) is 1. The Morgan fingerprint density at radius 2 is 1.89 bits per heavy atom. The monoisotopic (exact) mass is 403 g/mol. The number of rotatable bonds is 8. The number of nitrogens with one attached hydrogen (secondary N) is 1. The summed E-state index contributed by atoms with van der Waals surface area (Å²) >= 11 is 5.66. The molecule has 0 spiro atoms. The first-order valence-electron chi connectivity index (χ1n) is 8.49. The molecule has 146 valence electrons. The number of esters is 1. The van der Waals surface area contributed by atoms with E-state index in [1.54, 1.807) is 0 Å². The molecular formula is C21H19ClFNO4. The summed E-state index contributed by atoms with van der Waals surface area (Å²) in [5.41, 5.74) is 1.41. The largest absolute Gasteiger partial charge is 0.452 e. The van der Waals surface area contributed by atoms with Crippen LogP contribution in [0.3, 0.4) is 0 Å². The van der Waals surface area contributed by atoms with Crippen LogP contribution in [0.2, 0.25) is 5.02 Å². The van der Waals surface area contributed by atoms with Crippen molar-refractivity contribution in [1.82, 2.24) is 5.32 Å². The van der Waals surface area contributed by atoms with E-state index in [-0.39, 0.29) is 10.8 Å². The molecular weight excluding hydrogens is 385 g/mol. The Morgan fingerprint density at radius 3 is 2.54 bits per heavy atom. The van der Waals surface area contributed by atoms with Crippen molar-refractivity contribution in [2.45, 2.75) is 19.4 Å². The van der Waals surface area contributed by atoms with E-state index in [4.69, 9.17) is 16.3 Å². The second-order valence-corrected chi connectivity index (χ2v) is 6.44. The summed E-state index contributed by atoms with van der Waals surface area (Å²) in [6, 6.07) is 12.5. The molecule has 28 heavy (non-hydrogen) atoms. The Kier molecular flexibility index (Phi) is 7.89. The molecule has 0 bridgehead atoms. The summed E-state index contributed by atoms with van der Waals surface area (Å²) in [5, 5.41) is 2.49. The lowest BCUT2D eigenvalue weighted by molar-refractivity contribution is -0.144. The fourth-order valence-electron chi connectivity index (χ4n) is 2.35. The van der Waals surface area contributed by atoms with Crippen LogP contribution in [0, 0.1) is 5.82 Å². The fraction of sp³-hybridized carbons (Fsp3) is 0.190. The molecule has 0 aromatic heterocycles. The summed E-state index contributed by atoms with van der Waals surface area (Å²) < 4.78 is 17.9. The number of ketones is 1. The van der Waals surface area contributed by atoms with Gasteiger partial charge in [-0.3, -0.25) is 9.59 Å². The van der Waals surface area contributed by atoms with Gasteiger partial charge in [0, 0.05) is 6.08 Å². The van der Waals surface area contributed by atoms with Gasteiger partial charge in [-0.05, 0) is 42.7 Å². The van der Waals surface area contributed by atoms with Gasteiger partial charge in [-0.1, -0.05) is 48.0 Å². The van der Waals surface area contributed by atoms with E-state index in [1.165, 1.54) is 31.2 Å². The van der Waals surface area contributed by atoms with Crippen molar-refractivity contribution in [1.29, 1.82) is 0 Å². The first-order chi connectivity index (χ1) is 13.3. The van der Waals surface area contributed by atoms with E-state index in [0.717, 1.165) is 11.6 Å². The van der Waals surface area contributed by atoms with Gasteiger partial charge in [-0.2, -0.15) is 0 Å². The van der Waals surface area contributed by atoms with Crippen molar-refractivity contribution in [3.63, 3.8) is 0 Å². The number of halogens is 2. The molecule has 1 amide bonds. The first-order valence-corrected chi connectivity index (χ1v) is 8.86. The number of benzene rings is 2. The molecule has 0 saturated carbocycles. The highest BCUT2D eigenvalue weighted by Gasteiger charge is 2.18. The summed E-state index contributed by atoms with van der Waals surface area (Å²) in [4.78, 5) is 35.5. The van der Waals surface area contributed by atoms with Crippen LogP contribution >= 0.6 is 11.6 Å². The van der Waals surface area contributed by atoms with Crippen LogP contribution in [0.25, 0.3) is 6.08 Å². The van der Waals surface area contributed by atoms with Crippen molar-refractivity contribution in [3.8, 4) is 0 Å². The number of Topliss-reactive ketones (excluding diaryl/α,β-unsaturated/α-hetero) is 1. The maximum absolute atomic E-state index is 13.1. The summed E-state index contributed by atoms with van der Waals surface area (Å²) in [7, 11) is 0. The molecule has 2 rings (SSSR count). The molecule has 1 atom stereocenters. The first kappa shape index (κ1) is 21.3. The highest BCUT2D eigenvalue weighted by molar-refractivity contribution is 6.30. The average molecular weight is 404 g/mol. The zero-order chi connectivity index (χ0) is 20.5. The smallest absolute Gasteiger partial charge is 0.331 e. The minimum atomic E-state index is -0.752. The number of carbonyl (C=O) groups is 3. The van der Waals surface area contributed by atoms with Crippen molar-refractivity contribution in [2.24, 2.45) is 0 Å². The van der Waals surface area contributed by atoms with Gasteiger partial charge >= 0.3 is 5.97 Å². The third kappa shape index (κ3) is 6.96. The van der Waals surface area contributed by atoms with Gasteiger partial charge in [0.1, 0.15) is 5.82 Å². The van der Waals surface area contributed by atoms with Gasteiger partial charge in [-0.25, -0.2) is 9.18 Å². The summed E-state index contributed by atoms with van der Waals surface area (Å²) in [6.07, 6.45) is 2.84. The number of carbonyl (C=O) groups excluding carboxylic acids is 3. The zero-order valence-electron chi connectivity index (χ0n) is 15.2. The highest BCUT2D eigenvalue weighted by atomic mass is 35.5. The summed E-state index contributed by atoms with van der Waals surface area (Å²) in [6.45, 7) is 0.863. The molecule has 0 heterocycles. The molecule has 0 unspecified atom stereocenters. The van der Waals surface area contributed by atoms with E-state index in [9.17, 15) is 18.8 Å². The SMILES string of the molecule is CC(=O)[C@@H](Cc1ccccc1)NC(=O)COC(=O)/C=C/c1ccc(F)c(Cl)c1. The number of hydrogen-bond donors (Lipinski definition) is 1. The van der Waals surface area contributed by atoms with Crippen LogP contribution in [-0.2, 0) is 25.5 Å². The molecule has 5 nitrogen and oxygen atoms in total. The molecule has 0 saturated heterocycles.